The zero-order chi connectivity index (χ0) is 17.2. The Morgan fingerprint density at radius 3 is 2.80 bits per heavy atom. The molecule has 0 saturated carbocycles. The molecule has 5 heteroatoms. The number of hydrogen-bond donors (Lipinski definition) is 0. The average Bonchev–Trinajstić information content (AvgIpc) is 3.32. The van der Waals surface area contributed by atoms with Gasteiger partial charge in [0.2, 0.25) is 0 Å². The Morgan fingerprint density at radius 1 is 1.16 bits per heavy atom. The fourth-order valence-electron chi connectivity index (χ4n) is 3.30. The van der Waals surface area contributed by atoms with Gasteiger partial charge in [-0.15, -0.1) is 11.3 Å². The Balaban J connectivity index is 1.59. The molecule has 25 heavy (non-hydrogen) atoms. The van der Waals surface area contributed by atoms with Gasteiger partial charge in [0.1, 0.15) is 9.88 Å². The molecular formula is C20H17ClN2OS. The fourth-order valence-corrected chi connectivity index (χ4v) is 4.38. The number of benzene rings is 2. The van der Waals surface area contributed by atoms with Crippen molar-refractivity contribution in [3.8, 4) is 10.6 Å². The predicted molar refractivity (Wildman–Crippen MR) is 102 cm³/mol. The van der Waals surface area contributed by atoms with E-state index >= 15 is 0 Å². The summed E-state index contributed by atoms with van der Waals surface area (Å²) < 4.78 is 0. The number of amides is 1. The second kappa shape index (κ2) is 6.98. The van der Waals surface area contributed by atoms with Gasteiger partial charge in [0, 0.05) is 17.1 Å². The Labute approximate surface area is 155 Å². The topological polar surface area (TPSA) is 33.2 Å². The van der Waals surface area contributed by atoms with Crippen LogP contribution in [0.25, 0.3) is 10.6 Å². The minimum atomic E-state index is 0.0576. The minimum Gasteiger partial charge on any atom is -0.331 e. The van der Waals surface area contributed by atoms with Gasteiger partial charge in [-0.25, -0.2) is 4.98 Å². The number of hydrogen-bond acceptors (Lipinski definition) is 3. The Morgan fingerprint density at radius 2 is 2.00 bits per heavy atom. The molecule has 3 nitrogen and oxygen atoms in total. The molecule has 1 unspecified atom stereocenters. The number of likely N-dealkylation sites (tertiary alicyclic amines) is 1. The predicted octanol–water partition coefficient (Wildman–Crippen LogP) is 5.44. The van der Waals surface area contributed by atoms with Gasteiger partial charge in [0.15, 0.2) is 0 Å². The molecule has 0 radical (unpaired) electrons. The van der Waals surface area contributed by atoms with Crippen LogP contribution in [0.2, 0.25) is 5.02 Å². The maximum absolute atomic E-state index is 13.0. The molecule has 4 rings (SSSR count). The molecule has 126 valence electrons. The van der Waals surface area contributed by atoms with Crippen LogP contribution >= 0.6 is 22.9 Å². The summed E-state index contributed by atoms with van der Waals surface area (Å²) >= 11 is 7.58. The largest absolute Gasteiger partial charge is 0.331 e. The van der Waals surface area contributed by atoms with Crippen molar-refractivity contribution in [1.29, 1.82) is 0 Å². The molecule has 1 aliphatic heterocycles. The van der Waals surface area contributed by atoms with E-state index in [1.165, 1.54) is 11.3 Å². The van der Waals surface area contributed by atoms with Crippen molar-refractivity contribution >= 4 is 28.8 Å². The molecule has 1 amide bonds. The second-order valence-electron chi connectivity index (χ2n) is 6.11. The number of aromatic nitrogens is 1. The summed E-state index contributed by atoms with van der Waals surface area (Å²) in [6, 6.07) is 17.9. The van der Waals surface area contributed by atoms with Gasteiger partial charge in [0.05, 0.1) is 12.2 Å². The monoisotopic (exact) mass is 368 g/mol. The number of nitrogens with zero attached hydrogens (tertiary/aromatic N) is 2. The van der Waals surface area contributed by atoms with E-state index in [1.54, 1.807) is 6.20 Å². The van der Waals surface area contributed by atoms with Crippen LogP contribution in [-0.4, -0.2) is 22.3 Å². The van der Waals surface area contributed by atoms with Gasteiger partial charge in [-0.1, -0.05) is 54.1 Å². The number of rotatable bonds is 3. The van der Waals surface area contributed by atoms with Crippen LogP contribution in [-0.2, 0) is 0 Å². The van der Waals surface area contributed by atoms with Crippen molar-refractivity contribution in [2.45, 2.75) is 18.9 Å². The van der Waals surface area contributed by atoms with Gasteiger partial charge in [-0.2, -0.15) is 0 Å². The summed E-state index contributed by atoms with van der Waals surface area (Å²) in [5, 5.41) is 1.59. The third-order valence-electron chi connectivity index (χ3n) is 4.48. The molecule has 3 aromatic rings. The van der Waals surface area contributed by atoms with E-state index in [9.17, 15) is 4.79 Å². The van der Waals surface area contributed by atoms with Crippen LogP contribution in [0.3, 0.4) is 0 Å². The third-order valence-corrected chi connectivity index (χ3v) is 5.75. The van der Waals surface area contributed by atoms with E-state index in [2.05, 4.69) is 4.98 Å². The fraction of sp³-hybridized carbons (Fsp3) is 0.200. The molecule has 1 atom stereocenters. The lowest BCUT2D eigenvalue weighted by atomic mass is 10.0. The van der Waals surface area contributed by atoms with Crippen LogP contribution in [0.4, 0.5) is 0 Å². The van der Waals surface area contributed by atoms with Crippen LogP contribution in [0, 0.1) is 0 Å². The number of halogens is 1. The van der Waals surface area contributed by atoms with Gasteiger partial charge in [-0.3, -0.25) is 4.79 Å². The summed E-state index contributed by atoms with van der Waals surface area (Å²) in [7, 11) is 0. The zero-order valence-electron chi connectivity index (χ0n) is 13.6. The minimum absolute atomic E-state index is 0.0576. The third kappa shape index (κ3) is 3.32. The van der Waals surface area contributed by atoms with Crippen molar-refractivity contribution in [2.75, 3.05) is 6.54 Å². The quantitative estimate of drug-likeness (QED) is 0.616. The molecule has 1 saturated heterocycles. The molecule has 1 aliphatic rings. The molecule has 0 aliphatic carbocycles. The van der Waals surface area contributed by atoms with Crippen molar-refractivity contribution in [3.05, 3.63) is 76.3 Å². The molecule has 2 aromatic carbocycles. The molecule has 0 N–H and O–H groups in total. The highest BCUT2D eigenvalue weighted by molar-refractivity contribution is 7.16. The van der Waals surface area contributed by atoms with Crippen LogP contribution in [0.1, 0.15) is 34.1 Å². The van der Waals surface area contributed by atoms with E-state index < -0.39 is 0 Å². The van der Waals surface area contributed by atoms with Crippen molar-refractivity contribution < 1.29 is 4.79 Å². The molecule has 1 aromatic heterocycles. The Bertz CT molecular complexity index is 893. The zero-order valence-corrected chi connectivity index (χ0v) is 15.1. The van der Waals surface area contributed by atoms with E-state index in [4.69, 9.17) is 11.6 Å². The molecule has 2 heterocycles. The first-order chi connectivity index (χ1) is 12.2. The summed E-state index contributed by atoms with van der Waals surface area (Å²) in [6.07, 6.45) is 3.67. The van der Waals surface area contributed by atoms with Crippen molar-refractivity contribution in [3.63, 3.8) is 0 Å². The molecule has 0 bridgehead atoms. The van der Waals surface area contributed by atoms with Gasteiger partial charge < -0.3 is 4.90 Å². The maximum atomic E-state index is 13.0. The van der Waals surface area contributed by atoms with E-state index in [-0.39, 0.29) is 11.9 Å². The van der Waals surface area contributed by atoms with Crippen LogP contribution in [0.15, 0.2) is 60.8 Å². The van der Waals surface area contributed by atoms with Crippen LogP contribution < -0.4 is 0 Å². The Hall–Kier alpha value is -2.17. The van der Waals surface area contributed by atoms with Crippen molar-refractivity contribution in [1.82, 2.24) is 9.88 Å². The lowest BCUT2D eigenvalue weighted by Crippen LogP contribution is -2.29. The first-order valence-corrected chi connectivity index (χ1v) is 9.49. The lowest BCUT2D eigenvalue weighted by molar-refractivity contribution is 0.0740. The maximum Gasteiger partial charge on any atom is 0.266 e. The van der Waals surface area contributed by atoms with E-state index in [0.29, 0.717) is 9.90 Å². The van der Waals surface area contributed by atoms with Gasteiger partial charge in [-0.05, 0) is 30.5 Å². The summed E-state index contributed by atoms with van der Waals surface area (Å²) in [5.41, 5.74) is 2.14. The first-order valence-electron chi connectivity index (χ1n) is 8.30. The summed E-state index contributed by atoms with van der Waals surface area (Å²) in [5.74, 6) is 0.0576. The normalized spacial score (nSPS) is 17.0. The average molecular weight is 369 g/mol. The molecule has 1 fully saturated rings. The van der Waals surface area contributed by atoms with Crippen molar-refractivity contribution in [2.24, 2.45) is 0 Å². The second-order valence-corrected chi connectivity index (χ2v) is 7.57. The standard InChI is InChI=1S/C20H17ClN2OS/c21-16-9-4-8-15(12-16)17-10-5-11-23(17)20(24)18-13-22-19(25-18)14-6-2-1-3-7-14/h1-4,6-9,12-13,17H,5,10-11H2. The summed E-state index contributed by atoms with van der Waals surface area (Å²) in [6.45, 7) is 0.772. The van der Waals surface area contributed by atoms with Gasteiger partial charge >= 0.3 is 0 Å². The van der Waals surface area contributed by atoms with E-state index in [0.717, 1.165) is 35.5 Å². The smallest absolute Gasteiger partial charge is 0.266 e. The van der Waals surface area contributed by atoms with Crippen LogP contribution in [0.5, 0.6) is 0 Å². The number of carbonyl (C=O) groups is 1. The molecular weight excluding hydrogens is 352 g/mol. The highest BCUT2D eigenvalue weighted by Crippen LogP contribution is 2.35. The first kappa shape index (κ1) is 16.3. The SMILES string of the molecule is O=C(c1cnc(-c2ccccc2)s1)N1CCCC1c1cccc(Cl)c1. The Kier molecular flexibility index (Phi) is 4.55. The number of thiazole rings is 1. The van der Waals surface area contributed by atoms with Gasteiger partial charge in [0.25, 0.3) is 5.91 Å². The highest BCUT2D eigenvalue weighted by atomic mass is 35.5. The highest BCUT2D eigenvalue weighted by Gasteiger charge is 2.31. The molecule has 0 spiro atoms. The van der Waals surface area contributed by atoms with E-state index in [1.807, 2.05) is 59.5 Å². The lowest BCUT2D eigenvalue weighted by Gasteiger charge is -2.24. The summed E-state index contributed by atoms with van der Waals surface area (Å²) in [4.78, 5) is 20.1. The number of carbonyl (C=O) groups excluding carboxylic acids is 1.